The molecule has 0 spiro atoms. The van der Waals surface area contributed by atoms with Gasteiger partial charge in [-0.1, -0.05) is 6.07 Å². The summed E-state index contributed by atoms with van der Waals surface area (Å²) in [6.07, 6.45) is 0.820. The summed E-state index contributed by atoms with van der Waals surface area (Å²) in [4.78, 5) is 13.8. The molecule has 4 heteroatoms. The van der Waals surface area contributed by atoms with Crippen molar-refractivity contribution in [1.29, 1.82) is 0 Å². The highest BCUT2D eigenvalue weighted by atomic mass is 19.1. The van der Waals surface area contributed by atoms with Crippen molar-refractivity contribution in [3.8, 4) is 0 Å². The van der Waals surface area contributed by atoms with Crippen LogP contribution in [0.1, 0.15) is 22.3 Å². The Morgan fingerprint density at radius 1 is 1.56 bits per heavy atom. The maximum atomic E-state index is 13.1. The molecule has 16 heavy (non-hydrogen) atoms. The van der Waals surface area contributed by atoms with Crippen LogP contribution in [0.2, 0.25) is 0 Å². The molecule has 2 N–H and O–H groups in total. The Kier molecular flexibility index (Phi) is 2.92. The third-order valence-corrected chi connectivity index (χ3v) is 2.94. The van der Waals surface area contributed by atoms with Crippen LogP contribution >= 0.6 is 0 Å². The highest BCUT2D eigenvalue weighted by Crippen LogP contribution is 2.16. The molecular formula is C12H15FN2O. The highest BCUT2D eigenvalue weighted by molar-refractivity contribution is 5.95. The standard InChI is InChI=1S/C12H15FN2O/c1-8-2-3-9(13)6-11(8)12(16)15-5-4-10(14)7-15/h2-3,6,10H,4-5,7,14H2,1H3/t10-/m0/s1. The minimum absolute atomic E-state index is 0.0535. The number of amides is 1. The summed E-state index contributed by atoms with van der Waals surface area (Å²) >= 11 is 0. The molecule has 1 heterocycles. The smallest absolute Gasteiger partial charge is 0.254 e. The normalized spacial score (nSPS) is 20.2. The van der Waals surface area contributed by atoms with E-state index in [2.05, 4.69) is 0 Å². The predicted octanol–water partition coefficient (Wildman–Crippen LogP) is 1.31. The van der Waals surface area contributed by atoms with Crippen LogP contribution in [-0.4, -0.2) is 29.9 Å². The maximum Gasteiger partial charge on any atom is 0.254 e. The monoisotopic (exact) mass is 222 g/mol. The molecule has 0 aromatic heterocycles. The third-order valence-electron chi connectivity index (χ3n) is 2.94. The first-order valence-corrected chi connectivity index (χ1v) is 5.39. The summed E-state index contributed by atoms with van der Waals surface area (Å²) in [5.41, 5.74) is 6.98. The minimum atomic E-state index is -0.377. The Hall–Kier alpha value is -1.42. The van der Waals surface area contributed by atoms with Gasteiger partial charge in [-0.05, 0) is 31.0 Å². The molecule has 1 aromatic carbocycles. The van der Waals surface area contributed by atoms with Gasteiger partial charge in [-0.25, -0.2) is 4.39 Å². The fraction of sp³-hybridized carbons (Fsp3) is 0.417. The van der Waals surface area contributed by atoms with E-state index in [1.807, 2.05) is 6.92 Å². The van der Waals surface area contributed by atoms with Crippen LogP contribution < -0.4 is 5.73 Å². The molecule has 0 unspecified atom stereocenters. The van der Waals surface area contributed by atoms with E-state index in [9.17, 15) is 9.18 Å². The van der Waals surface area contributed by atoms with Crippen molar-refractivity contribution >= 4 is 5.91 Å². The SMILES string of the molecule is Cc1ccc(F)cc1C(=O)N1CC[C@H](N)C1. The second kappa shape index (κ2) is 4.22. The summed E-state index contributed by atoms with van der Waals surface area (Å²) in [5, 5.41) is 0. The average molecular weight is 222 g/mol. The Bertz CT molecular complexity index is 419. The average Bonchev–Trinajstić information content (AvgIpc) is 2.67. The Labute approximate surface area is 94.0 Å². The number of rotatable bonds is 1. The van der Waals surface area contributed by atoms with E-state index in [-0.39, 0.29) is 17.8 Å². The summed E-state index contributed by atoms with van der Waals surface area (Å²) in [6, 6.07) is 4.33. The van der Waals surface area contributed by atoms with Gasteiger partial charge in [0.15, 0.2) is 0 Å². The van der Waals surface area contributed by atoms with Crippen LogP contribution in [0.3, 0.4) is 0 Å². The van der Waals surface area contributed by atoms with Crippen molar-refractivity contribution in [2.24, 2.45) is 5.73 Å². The molecule has 0 bridgehead atoms. The zero-order valence-corrected chi connectivity index (χ0v) is 9.24. The van der Waals surface area contributed by atoms with Crippen molar-refractivity contribution in [3.05, 3.63) is 35.1 Å². The van der Waals surface area contributed by atoms with E-state index in [1.165, 1.54) is 12.1 Å². The first-order valence-electron chi connectivity index (χ1n) is 5.39. The molecule has 1 aliphatic heterocycles. The van der Waals surface area contributed by atoms with Gasteiger partial charge < -0.3 is 10.6 Å². The van der Waals surface area contributed by atoms with E-state index < -0.39 is 0 Å². The first-order chi connectivity index (χ1) is 7.58. The second-order valence-electron chi connectivity index (χ2n) is 4.26. The molecule has 1 saturated heterocycles. The predicted molar refractivity (Wildman–Crippen MR) is 59.6 cm³/mol. The molecule has 3 nitrogen and oxygen atoms in total. The lowest BCUT2D eigenvalue weighted by molar-refractivity contribution is 0.0789. The van der Waals surface area contributed by atoms with Gasteiger partial charge in [-0.15, -0.1) is 0 Å². The number of carbonyl (C=O) groups excluding carboxylic acids is 1. The topological polar surface area (TPSA) is 46.3 Å². The van der Waals surface area contributed by atoms with Crippen molar-refractivity contribution in [2.75, 3.05) is 13.1 Å². The zero-order valence-electron chi connectivity index (χ0n) is 9.24. The van der Waals surface area contributed by atoms with Gasteiger partial charge in [-0.2, -0.15) is 0 Å². The molecule has 1 amide bonds. The zero-order chi connectivity index (χ0) is 11.7. The lowest BCUT2D eigenvalue weighted by Crippen LogP contribution is -2.32. The van der Waals surface area contributed by atoms with Gasteiger partial charge in [0.2, 0.25) is 0 Å². The summed E-state index contributed by atoms with van der Waals surface area (Å²) in [7, 11) is 0. The van der Waals surface area contributed by atoms with E-state index >= 15 is 0 Å². The van der Waals surface area contributed by atoms with E-state index in [0.717, 1.165) is 12.0 Å². The fourth-order valence-corrected chi connectivity index (χ4v) is 1.97. The molecule has 1 atom stereocenters. The Balaban J connectivity index is 2.23. The van der Waals surface area contributed by atoms with Crippen molar-refractivity contribution in [3.63, 3.8) is 0 Å². The van der Waals surface area contributed by atoms with E-state index in [1.54, 1.807) is 11.0 Å². The van der Waals surface area contributed by atoms with Gasteiger partial charge in [0, 0.05) is 24.7 Å². The largest absolute Gasteiger partial charge is 0.337 e. The van der Waals surface area contributed by atoms with E-state index in [0.29, 0.717) is 18.7 Å². The number of likely N-dealkylation sites (tertiary alicyclic amines) is 1. The quantitative estimate of drug-likeness (QED) is 0.778. The molecule has 1 fully saturated rings. The number of hydrogen-bond acceptors (Lipinski definition) is 2. The van der Waals surface area contributed by atoms with Crippen LogP contribution in [0, 0.1) is 12.7 Å². The molecule has 86 valence electrons. The molecule has 1 aromatic rings. The summed E-state index contributed by atoms with van der Waals surface area (Å²) < 4.78 is 13.1. The number of nitrogens with two attached hydrogens (primary N) is 1. The van der Waals surface area contributed by atoms with Gasteiger partial charge in [0.1, 0.15) is 5.82 Å². The summed E-state index contributed by atoms with van der Waals surface area (Å²) in [5.74, 6) is -0.498. The van der Waals surface area contributed by atoms with Crippen LogP contribution in [0.15, 0.2) is 18.2 Å². The van der Waals surface area contributed by atoms with Crippen LogP contribution in [0.25, 0.3) is 0 Å². The van der Waals surface area contributed by atoms with Gasteiger partial charge in [-0.3, -0.25) is 4.79 Å². The Morgan fingerprint density at radius 3 is 2.94 bits per heavy atom. The maximum absolute atomic E-state index is 13.1. The van der Waals surface area contributed by atoms with Gasteiger partial charge in [0.05, 0.1) is 0 Å². The van der Waals surface area contributed by atoms with Crippen LogP contribution in [0.4, 0.5) is 4.39 Å². The number of halogens is 1. The Morgan fingerprint density at radius 2 is 2.31 bits per heavy atom. The highest BCUT2D eigenvalue weighted by Gasteiger charge is 2.25. The summed E-state index contributed by atoms with van der Waals surface area (Å²) in [6.45, 7) is 3.04. The molecule has 0 radical (unpaired) electrons. The van der Waals surface area contributed by atoms with Gasteiger partial charge in [0.25, 0.3) is 5.91 Å². The van der Waals surface area contributed by atoms with Crippen molar-refractivity contribution < 1.29 is 9.18 Å². The van der Waals surface area contributed by atoms with Crippen molar-refractivity contribution in [1.82, 2.24) is 4.90 Å². The van der Waals surface area contributed by atoms with Crippen molar-refractivity contribution in [2.45, 2.75) is 19.4 Å². The number of aryl methyl sites for hydroxylation is 1. The molecule has 0 aliphatic carbocycles. The molecule has 2 rings (SSSR count). The molecule has 0 saturated carbocycles. The van der Waals surface area contributed by atoms with Crippen LogP contribution in [-0.2, 0) is 0 Å². The third kappa shape index (κ3) is 2.07. The molecule has 1 aliphatic rings. The first kappa shape index (κ1) is 11.1. The fourth-order valence-electron chi connectivity index (χ4n) is 1.97. The number of carbonyl (C=O) groups is 1. The second-order valence-corrected chi connectivity index (χ2v) is 4.26. The van der Waals surface area contributed by atoms with E-state index in [4.69, 9.17) is 5.73 Å². The number of hydrogen-bond donors (Lipinski definition) is 1. The lowest BCUT2D eigenvalue weighted by atomic mass is 10.1. The minimum Gasteiger partial charge on any atom is -0.337 e. The molecular weight excluding hydrogens is 207 g/mol. The van der Waals surface area contributed by atoms with Gasteiger partial charge >= 0.3 is 0 Å². The number of nitrogens with zero attached hydrogens (tertiary/aromatic N) is 1. The number of benzene rings is 1. The lowest BCUT2D eigenvalue weighted by Gasteiger charge is -2.17. The van der Waals surface area contributed by atoms with Crippen LogP contribution in [0.5, 0.6) is 0 Å².